The second-order valence-electron chi connectivity index (χ2n) is 4.42. The summed E-state index contributed by atoms with van der Waals surface area (Å²) in [5.41, 5.74) is 2.25. The second kappa shape index (κ2) is 5.17. The monoisotopic (exact) mass is 266 g/mol. The summed E-state index contributed by atoms with van der Waals surface area (Å²) in [5, 5.41) is 7.55. The third kappa shape index (κ3) is 2.16. The molecule has 4 heteroatoms. The minimum atomic E-state index is -0.338. The largest absolute Gasteiger partial charge is 0.497 e. The third-order valence-electron chi connectivity index (χ3n) is 3.18. The van der Waals surface area contributed by atoms with Crippen molar-refractivity contribution in [1.82, 2.24) is 0 Å². The van der Waals surface area contributed by atoms with Crippen LogP contribution in [0.25, 0.3) is 0 Å². The fourth-order valence-electron chi connectivity index (χ4n) is 2.17. The molecule has 0 amide bonds. The van der Waals surface area contributed by atoms with Crippen molar-refractivity contribution in [1.29, 1.82) is 5.41 Å². The number of nitrogens with one attached hydrogen (secondary N) is 1. The summed E-state index contributed by atoms with van der Waals surface area (Å²) < 4.78 is 11.2. The van der Waals surface area contributed by atoms with E-state index in [1.807, 2.05) is 42.5 Å². The van der Waals surface area contributed by atoms with E-state index in [-0.39, 0.29) is 6.10 Å². The number of rotatable bonds is 3. The maximum atomic E-state index is 7.55. The Labute approximate surface area is 117 Å². The first kappa shape index (κ1) is 12.4. The van der Waals surface area contributed by atoms with Gasteiger partial charge in [0.2, 0.25) is 0 Å². The standard InChI is InChI=1S/C16H14N2O2/c1-19-12-7-8-15-13(9-12)18-14(10-17)16(20-15)11-5-3-2-4-6-11/h2-10,16-17H,1H3. The fourth-order valence-corrected chi connectivity index (χ4v) is 2.17. The first-order chi connectivity index (χ1) is 9.81. The predicted octanol–water partition coefficient (Wildman–Crippen LogP) is 3.55. The van der Waals surface area contributed by atoms with Crippen LogP contribution in [0.3, 0.4) is 0 Å². The lowest BCUT2D eigenvalue weighted by molar-refractivity contribution is 0.271. The zero-order valence-electron chi connectivity index (χ0n) is 11.0. The molecule has 1 aliphatic heterocycles. The van der Waals surface area contributed by atoms with Crippen molar-refractivity contribution in [3.8, 4) is 11.5 Å². The molecule has 0 fully saturated rings. The van der Waals surface area contributed by atoms with Crippen LogP contribution in [0.4, 0.5) is 5.69 Å². The fraction of sp³-hybridized carbons (Fsp3) is 0.125. The maximum absolute atomic E-state index is 7.55. The van der Waals surface area contributed by atoms with Crippen LogP contribution in [0.5, 0.6) is 11.5 Å². The van der Waals surface area contributed by atoms with Gasteiger partial charge in [-0.15, -0.1) is 0 Å². The van der Waals surface area contributed by atoms with Gasteiger partial charge in [0.05, 0.1) is 7.11 Å². The van der Waals surface area contributed by atoms with E-state index >= 15 is 0 Å². The molecule has 0 aromatic heterocycles. The van der Waals surface area contributed by atoms with Crippen molar-refractivity contribution in [3.63, 3.8) is 0 Å². The normalized spacial score (nSPS) is 16.6. The van der Waals surface area contributed by atoms with Crippen LogP contribution >= 0.6 is 0 Å². The van der Waals surface area contributed by atoms with Gasteiger partial charge in [0.1, 0.15) is 22.9 Å². The van der Waals surface area contributed by atoms with Crippen LogP contribution in [-0.4, -0.2) is 19.0 Å². The lowest BCUT2D eigenvalue weighted by Gasteiger charge is -2.24. The molecule has 3 rings (SSSR count). The molecule has 20 heavy (non-hydrogen) atoms. The first-order valence-corrected chi connectivity index (χ1v) is 6.30. The SMILES string of the molecule is COc1ccc2c(c1)N=C(C=N)C(c1ccccc1)O2. The molecule has 0 saturated carbocycles. The summed E-state index contributed by atoms with van der Waals surface area (Å²) in [5.74, 6) is 1.42. The van der Waals surface area contributed by atoms with Crippen LogP contribution in [0.1, 0.15) is 11.7 Å². The highest BCUT2D eigenvalue weighted by Gasteiger charge is 2.25. The minimum Gasteiger partial charge on any atom is -0.497 e. The number of nitrogens with zero attached hydrogens (tertiary/aromatic N) is 1. The zero-order valence-corrected chi connectivity index (χ0v) is 11.0. The molecular weight excluding hydrogens is 252 g/mol. The molecule has 1 aliphatic rings. The van der Waals surface area contributed by atoms with E-state index in [0.29, 0.717) is 17.1 Å². The van der Waals surface area contributed by atoms with E-state index in [1.54, 1.807) is 13.2 Å². The number of hydrogen-bond acceptors (Lipinski definition) is 4. The second-order valence-corrected chi connectivity index (χ2v) is 4.42. The molecule has 0 bridgehead atoms. The molecule has 0 aliphatic carbocycles. The van der Waals surface area contributed by atoms with Gasteiger partial charge in [-0.25, -0.2) is 4.99 Å². The van der Waals surface area contributed by atoms with Crippen molar-refractivity contribution < 1.29 is 9.47 Å². The highest BCUT2D eigenvalue weighted by Crippen LogP contribution is 2.39. The van der Waals surface area contributed by atoms with Crippen LogP contribution in [0, 0.1) is 5.41 Å². The molecule has 4 nitrogen and oxygen atoms in total. The molecule has 2 aromatic carbocycles. The Morgan fingerprint density at radius 3 is 2.70 bits per heavy atom. The summed E-state index contributed by atoms with van der Waals surface area (Å²) in [6.45, 7) is 0. The summed E-state index contributed by atoms with van der Waals surface area (Å²) in [7, 11) is 1.61. The quantitative estimate of drug-likeness (QED) is 0.864. The Bertz CT molecular complexity index is 665. The average Bonchev–Trinajstić information content (AvgIpc) is 2.53. The molecule has 2 aromatic rings. The molecule has 1 atom stereocenters. The highest BCUT2D eigenvalue weighted by atomic mass is 16.5. The molecule has 1 heterocycles. The summed E-state index contributed by atoms with van der Waals surface area (Å²) >= 11 is 0. The van der Waals surface area contributed by atoms with Gasteiger partial charge in [0.15, 0.2) is 6.10 Å². The van der Waals surface area contributed by atoms with E-state index in [9.17, 15) is 0 Å². The van der Waals surface area contributed by atoms with Gasteiger partial charge in [0, 0.05) is 12.3 Å². The number of ether oxygens (including phenoxy) is 2. The van der Waals surface area contributed by atoms with Gasteiger partial charge >= 0.3 is 0 Å². The van der Waals surface area contributed by atoms with E-state index < -0.39 is 0 Å². The first-order valence-electron chi connectivity index (χ1n) is 6.30. The van der Waals surface area contributed by atoms with E-state index in [1.165, 1.54) is 6.21 Å². The average molecular weight is 266 g/mol. The van der Waals surface area contributed by atoms with Crippen molar-refractivity contribution in [2.24, 2.45) is 4.99 Å². The molecule has 1 N–H and O–H groups in total. The zero-order chi connectivity index (χ0) is 13.9. The molecular formula is C16H14N2O2. The summed E-state index contributed by atoms with van der Waals surface area (Å²) in [6, 6.07) is 15.3. The van der Waals surface area contributed by atoms with E-state index in [0.717, 1.165) is 11.3 Å². The van der Waals surface area contributed by atoms with Crippen molar-refractivity contribution in [2.75, 3.05) is 7.11 Å². The molecule has 0 saturated heterocycles. The van der Waals surface area contributed by atoms with Crippen molar-refractivity contribution in [3.05, 3.63) is 54.1 Å². The van der Waals surface area contributed by atoms with Gasteiger partial charge < -0.3 is 14.9 Å². The summed E-state index contributed by atoms with van der Waals surface area (Å²) in [6.07, 6.45) is 0.898. The molecule has 0 spiro atoms. The van der Waals surface area contributed by atoms with Crippen LogP contribution in [0.15, 0.2) is 53.5 Å². The number of aliphatic imine (C=N–C) groups is 1. The Hall–Kier alpha value is -2.62. The Morgan fingerprint density at radius 1 is 1.20 bits per heavy atom. The molecule has 1 unspecified atom stereocenters. The maximum Gasteiger partial charge on any atom is 0.167 e. The number of fused-ring (bicyclic) bond motifs is 1. The van der Waals surface area contributed by atoms with E-state index in [4.69, 9.17) is 14.9 Å². The van der Waals surface area contributed by atoms with Gasteiger partial charge in [-0.1, -0.05) is 30.3 Å². The van der Waals surface area contributed by atoms with Crippen LogP contribution in [-0.2, 0) is 0 Å². The van der Waals surface area contributed by atoms with Crippen LogP contribution < -0.4 is 9.47 Å². The predicted molar refractivity (Wildman–Crippen MR) is 78.7 cm³/mol. The topological polar surface area (TPSA) is 54.7 Å². The van der Waals surface area contributed by atoms with Gasteiger partial charge in [0.25, 0.3) is 0 Å². The Kier molecular flexibility index (Phi) is 3.21. The van der Waals surface area contributed by atoms with E-state index in [2.05, 4.69) is 4.99 Å². The van der Waals surface area contributed by atoms with Crippen molar-refractivity contribution >= 4 is 17.6 Å². The van der Waals surface area contributed by atoms with Crippen molar-refractivity contribution in [2.45, 2.75) is 6.10 Å². The molecule has 0 radical (unpaired) electrons. The van der Waals surface area contributed by atoms with Crippen LogP contribution in [0.2, 0.25) is 0 Å². The summed E-state index contributed by atoms with van der Waals surface area (Å²) in [4.78, 5) is 4.50. The number of methoxy groups -OCH3 is 1. The number of benzene rings is 2. The minimum absolute atomic E-state index is 0.338. The van der Waals surface area contributed by atoms with Gasteiger partial charge in [-0.2, -0.15) is 0 Å². The van der Waals surface area contributed by atoms with Gasteiger partial charge in [-0.3, -0.25) is 0 Å². The lowest BCUT2D eigenvalue weighted by Crippen LogP contribution is -2.22. The smallest absolute Gasteiger partial charge is 0.167 e. The Balaban J connectivity index is 2.04. The lowest BCUT2D eigenvalue weighted by atomic mass is 10.0. The third-order valence-corrected chi connectivity index (χ3v) is 3.18. The Morgan fingerprint density at radius 2 is 2.00 bits per heavy atom. The number of hydrogen-bond donors (Lipinski definition) is 1. The van der Waals surface area contributed by atoms with Gasteiger partial charge in [-0.05, 0) is 17.7 Å². The molecule has 100 valence electrons. The highest BCUT2D eigenvalue weighted by molar-refractivity contribution is 6.32.